The third kappa shape index (κ3) is 2.22. The lowest BCUT2D eigenvalue weighted by Gasteiger charge is -2.16. The third-order valence-electron chi connectivity index (χ3n) is 2.24. The van der Waals surface area contributed by atoms with Gasteiger partial charge in [0.05, 0.1) is 6.10 Å². The predicted octanol–water partition coefficient (Wildman–Crippen LogP) is 1.23. The summed E-state index contributed by atoms with van der Waals surface area (Å²) in [6.45, 7) is 2.35. The van der Waals surface area contributed by atoms with Crippen LogP contribution in [0.2, 0.25) is 0 Å². The van der Waals surface area contributed by atoms with Crippen LogP contribution in [0.25, 0.3) is 0 Å². The van der Waals surface area contributed by atoms with Crippen LogP contribution in [-0.2, 0) is 0 Å². The van der Waals surface area contributed by atoms with Crippen LogP contribution in [0.1, 0.15) is 30.7 Å². The summed E-state index contributed by atoms with van der Waals surface area (Å²) in [6.07, 6.45) is 2.18. The number of hydrogen-bond acceptors (Lipinski definition) is 5. The van der Waals surface area contributed by atoms with Gasteiger partial charge in [-0.05, 0) is 31.3 Å². The van der Waals surface area contributed by atoms with Crippen molar-refractivity contribution in [3.63, 3.8) is 0 Å². The van der Waals surface area contributed by atoms with E-state index in [9.17, 15) is 5.11 Å². The van der Waals surface area contributed by atoms with E-state index in [2.05, 4.69) is 9.36 Å². The van der Waals surface area contributed by atoms with E-state index in [4.69, 9.17) is 0 Å². The molecule has 4 nitrogen and oxygen atoms in total. The SMILES string of the molecule is C[C@@H](O)CN(C)c1nsc(C2CC2)n1. The largest absolute Gasteiger partial charge is 0.392 e. The maximum absolute atomic E-state index is 9.22. The van der Waals surface area contributed by atoms with Gasteiger partial charge in [0, 0.05) is 19.5 Å². The average molecular weight is 213 g/mol. The van der Waals surface area contributed by atoms with Crippen molar-refractivity contribution in [3.05, 3.63) is 5.01 Å². The molecular formula is C9H15N3OS. The minimum atomic E-state index is -0.340. The molecule has 0 saturated heterocycles. The number of nitrogens with zero attached hydrogens (tertiary/aromatic N) is 3. The van der Waals surface area contributed by atoms with Crippen LogP contribution in [0.5, 0.6) is 0 Å². The van der Waals surface area contributed by atoms with Crippen LogP contribution in [0, 0.1) is 0 Å². The Morgan fingerprint density at radius 3 is 2.93 bits per heavy atom. The monoisotopic (exact) mass is 213 g/mol. The van der Waals surface area contributed by atoms with Gasteiger partial charge in [-0.3, -0.25) is 0 Å². The summed E-state index contributed by atoms with van der Waals surface area (Å²) in [5.74, 6) is 1.42. The second-order valence-corrected chi connectivity index (χ2v) is 4.72. The molecule has 5 heteroatoms. The quantitative estimate of drug-likeness (QED) is 0.817. The number of rotatable bonds is 4. The number of hydrogen-bond donors (Lipinski definition) is 1. The van der Waals surface area contributed by atoms with Crippen LogP contribution < -0.4 is 4.90 Å². The van der Waals surface area contributed by atoms with Crippen molar-refractivity contribution >= 4 is 17.5 Å². The highest BCUT2D eigenvalue weighted by molar-refractivity contribution is 7.05. The van der Waals surface area contributed by atoms with Gasteiger partial charge in [0.2, 0.25) is 5.95 Å². The predicted molar refractivity (Wildman–Crippen MR) is 56.8 cm³/mol. The minimum Gasteiger partial charge on any atom is -0.392 e. The standard InChI is InChI=1S/C9H15N3OS/c1-6(13)5-12(2)9-10-8(14-11-9)7-3-4-7/h6-7,13H,3-5H2,1-2H3/t6-/m1/s1. The van der Waals surface area contributed by atoms with Gasteiger partial charge in [-0.25, -0.2) is 4.98 Å². The van der Waals surface area contributed by atoms with Gasteiger partial charge in [-0.1, -0.05) is 0 Å². The first kappa shape index (κ1) is 9.86. The number of aliphatic hydroxyl groups excluding tert-OH is 1. The molecule has 14 heavy (non-hydrogen) atoms. The molecule has 1 aromatic heterocycles. The van der Waals surface area contributed by atoms with E-state index in [-0.39, 0.29) is 6.10 Å². The van der Waals surface area contributed by atoms with Crippen LogP contribution in [-0.4, -0.2) is 34.2 Å². The third-order valence-corrected chi connectivity index (χ3v) is 3.10. The molecule has 0 aliphatic heterocycles. The van der Waals surface area contributed by atoms with Crippen molar-refractivity contribution in [1.82, 2.24) is 9.36 Å². The smallest absolute Gasteiger partial charge is 0.237 e. The lowest BCUT2D eigenvalue weighted by molar-refractivity contribution is 0.201. The maximum atomic E-state index is 9.22. The molecule has 1 heterocycles. The van der Waals surface area contributed by atoms with Gasteiger partial charge in [0.25, 0.3) is 0 Å². The summed E-state index contributed by atoms with van der Waals surface area (Å²) in [7, 11) is 1.91. The lowest BCUT2D eigenvalue weighted by Crippen LogP contribution is -2.27. The summed E-state index contributed by atoms with van der Waals surface area (Å²) in [5.41, 5.74) is 0. The fourth-order valence-corrected chi connectivity index (χ4v) is 2.22. The van der Waals surface area contributed by atoms with Gasteiger partial charge in [0.15, 0.2) is 0 Å². The van der Waals surface area contributed by atoms with E-state index < -0.39 is 0 Å². The molecule has 0 radical (unpaired) electrons. The molecule has 0 amide bonds. The fraction of sp³-hybridized carbons (Fsp3) is 0.778. The summed E-state index contributed by atoms with van der Waals surface area (Å²) in [6, 6.07) is 0. The minimum absolute atomic E-state index is 0.340. The Bertz CT molecular complexity index is 309. The van der Waals surface area contributed by atoms with Gasteiger partial charge < -0.3 is 10.0 Å². The molecule has 1 atom stereocenters. The van der Waals surface area contributed by atoms with Gasteiger partial charge in [-0.2, -0.15) is 4.37 Å². The second-order valence-electron chi connectivity index (χ2n) is 3.94. The molecule has 1 aromatic rings. The van der Waals surface area contributed by atoms with Crippen molar-refractivity contribution in [2.24, 2.45) is 0 Å². The van der Waals surface area contributed by atoms with Crippen LogP contribution in [0.3, 0.4) is 0 Å². The van der Waals surface area contributed by atoms with Crippen molar-refractivity contribution in [2.45, 2.75) is 31.8 Å². The summed E-state index contributed by atoms with van der Waals surface area (Å²) in [5, 5.41) is 10.4. The first-order chi connectivity index (χ1) is 6.66. The number of aliphatic hydroxyl groups is 1. The van der Waals surface area contributed by atoms with Crippen molar-refractivity contribution in [2.75, 3.05) is 18.5 Å². The summed E-state index contributed by atoms with van der Waals surface area (Å²) >= 11 is 1.49. The number of likely N-dealkylation sites (N-methyl/N-ethyl adjacent to an activating group) is 1. The van der Waals surface area contributed by atoms with Gasteiger partial charge >= 0.3 is 0 Å². The van der Waals surface area contributed by atoms with E-state index in [1.807, 2.05) is 11.9 Å². The highest BCUT2D eigenvalue weighted by atomic mass is 32.1. The highest BCUT2D eigenvalue weighted by Crippen LogP contribution is 2.41. The zero-order valence-electron chi connectivity index (χ0n) is 8.47. The Kier molecular flexibility index (Phi) is 2.69. The molecule has 78 valence electrons. The fourth-order valence-electron chi connectivity index (χ4n) is 1.36. The topological polar surface area (TPSA) is 49.2 Å². The van der Waals surface area contributed by atoms with Crippen LogP contribution in [0.15, 0.2) is 0 Å². The normalized spacial score (nSPS) is 18.2. The average Bonchev–Trinajstić information content (AvgIpc) is 2.82. The lowest BCUT2D eigenvalue weighted by atomic mass is 10.4. The Hall–Kier alpha value is -0.680. The second kappa shape index (κ2) is 3.82. The molecule has 0 aromatic carbocycles. The highest BCUT2D eigenvalue weighted by Gasteiger charge is 2.27. The molecule has 2 rings (SSSR count). The Morgan fingerprint density at radius 2 is 2.36 bits per heavy atom. The van der Waals surface area contributed by atoms with E-state index in [0.717, 1.165) is 11.0 Å². The molecule has 1 aliphatic carbocycles. The summed E-state index contributed by atoms with van der Waals surface area (Å²) < 4.78 is 4.28. The first-order valence-corrected chi connectivity index (χ1v) is 5.67. The van der Waals surface area contributed by atoms with Gasteiger partial charge in [-0.15, -0.1) is 0 Å². The number of aromatic nitrogens is 2. The molecule has 0 spiro atoms. The molecule has 1 saturated carbocycles. The Morgan fingerprint density at radius 1 is 1.64 bits per heavy atom. The zero-order chi connectivity index (χ0) is 10.1. The molecular weight excluding hydrogens is 198 g/mol. The van der Waals surface area contributed by atoms with Crippen molar-refractivity contribution in [1.29, 1.82) is 0 Å². The van der Waals surface area contributed by atoms with E-state index >= 15 is 0 Å². The molecule has 1 aliphatic rings. The van der Waals surface area contributed by atoms with Crippen molar-refractivity contribution in [3.8, 4) is 0 Å². The molecule has 0 unspecified atom stereocenters. The zero-order valence-corrected chi connectivity index (χ0v) is 9.29. The maximum Gasteiger partial charge on any atom is 0.237 e. The Labute approximate surface area is 87.8 Å². The van der Waals surface area contributed by atoms with Crippen LogP contribution >= 0.6 is 11.5 Å². The molecule has 1 N–H and O–H groups in total. The Balaban J connectivity index is 2.00. The van der Waals surface area contributed by atoms with Gasteiger partial charge in [0.1, 0.15) is 5.01 Å². The molecule has 0 bridgehead atoms. The first-order valence-electron chi connectivity index (χ1n) is 4.89. The van der Waals surface area contributed by atoms with E-state index in [1.54, 1.807) is 6.92 Å². The van der Waals surface area contributed by atoms with E-state index in [1.165, 1.54) is 24.4 Å². The van der Waals surface area contributed by atoms with Crippen LogP contribution in [0.4, 0.5) is 5.95 Å². The number of anilines is 1. The van der Waals surface area contributed by atoms with E-state index in [0.29, 0.717) is 12.5 Å². The molecule has 1 fully saturated rings. The summed E-state index contributed by atoms with van der Waals surface area (Å²) in [4.78, 5) is 6.34. The van der Waals surface area contributed by atoms with Crippen molar-refractivity contribution < 1.29 is 5.11 Å².